The number of amides is 1. The molecular formula is C18H20N6O. The first-order valence-corrected chi connectivity index (χ1v) is 8.05. The predicted molar refractivity (Wildman–Crippen MR) is 95.2 cm³/mol. The second-order valence-corrected chi connectivity index (χ2v) is 5.63. The van der Waals surface area contributed by atoms with Gasteiger partial charge in [-0.1, -0.05) is 12.1 Å². The zero-order valence-electron chi connectivity index (χ0n) is 14.0. The topological polar surface area (TPSA) is 86.8 Å². The van der Waals surface area contributed by atoms with Crippen molar-refractivity contribution in [1.82, 2.24) is 25.3 Å². The van der Waals surface area contributed by atoms with Gasteiger partial charge in [-0.15, -0.1) is 0 Å². The van der Waals surface area contributed by atoms with Crippen molar-refractivity contribution < 1.29 is 4.79 Å². The second kappa shape index (κ2) is 8.05. The van der Waals surface area contributed by atoms with Gasteiger partial charge < -0.3 is 15.2 Å². The lowest BCUT2D eigenvalue weighted by Crippen LogP contribution is -2.27. The van der Waals surface area contributed by atoms with Crippen LogP contribution in [0.15, 0.2) is 55.2 Å². The lowest BCUT2D eigenvalue weighted by Gasteiger charge is -2.21. The molecule has 0 atom stereocenters. The number of aromatic amines is 1. The molecule has 0 radical (unpaired) electrons. The van der Waals surface area contributed by atoms with Gasteiger partial charge in [0.1, 0.15) is 11.5 Å². The van der Waals surface area contributed by atoms with E-state index in [-0.39, 0.29) is 5.91 Å². The molecule has 0 saturated carbocycles. The number of rotatable bonds is 7. The van der Waals surface area contributed by atoms with E-state index in [4.69, 9.17) is 0 Å². The van der Waals surface area contributed by atoms with Gasteiger partial charge in [0.15, 0.2) is 0 Å². The maximum atomic E-state index is 12.0. The van der Waals surface area contributed by atoms with Crippen LogP contribution >= 0.6 is 0 Å². The minimum Gasteiger partial charge on any atom is -0.359 e. The Morgan fingerprint density at radius 3 is 2.84 bits per heavy atom. The number of aromatic nitrogens is 4. The number of carbonyl (C=O) groups is 1. The molecule has 0 aromatic carbocycles. The Labute approximate surface area is 146 Å². The average molecular weight is 336 g/mol. The van der Waals surface area contributed by atoms with Crippen LogP contribution in [-0.2, 0) is 13.0 Å². The monoisotopic (exact) mass is 336 g/mol. The summed E-state index contributed by atoms with van der Waals surface area (Å²) in [4.78, 5) is 29.6. The molecule has 7 nitrogen and oxygen atoms in total. The maximum Gasteiger partial charge on any atom is 0.269 e. The van der Waals surface area contributed by atoms with E-state index in [0.29, 0.717) is 12.2 Å². The highest BCUT2D eigenvalue weighted by Gasteiger charge is 2.11. The van der Waals surface area contributed by atoms with Crippen molar-refractivity contribution in [3.05, 3.63) is 72.2 Å². The van der Waals surface area contributed by atoms with Crippen LogP contribution < -0.4 is 10.2 Å². The first-order chi connectivity index (χ1) is 12.2. The number of nitrogens with zero attached hydrogens (tertiary/aromatic N) is 4. The zero-order valence-corrected chi connectivity index (χ0v) is 14.0. The summed E-state index contributed by atoms with van der Waals surface area (Å²) in [6.45, 7) is 1.18. The molecule has 0 saturated heterocycles. The number of carbonyl (C=O) groups excluding carboxylic acids is 1. The van der Waals surface area contributed by atoms with Crippen LogP contribution in [0, 0.1) is 0 Å². The predicted octanol–water partition coefficient (Wildman–Crippen LogP) is 1.81. The van der Waals surface area contributed by atoms with Crippen LogP contribution in [0.4, 0.5) is 5.82 Å². The van der Waals surface area contributed by atoms with E-state index in [2.05, 4.69) is 30.2 Å². The van der Waals surface area contributed by atoms with E-state index in [1.807, 2.05) is 37.4 Å². The van der Waals surface area contributed by atoms with Gasteiger partial charge in [0.2, 0.25) is 0 Å². The van der Waals surface area contributed by atoms with Crippen LogP contribution in [0.25, 0.3) is 0 Å². The van der Waals surface area contributed by atoms with E-state index in [1.165, 1.54) is 12.5 Å². The van der Waals surface area contributed by atoms with E-state index < -0.39 is 0 Å². The summed E-state index contributed by atoms with van der Waals surface area (Å²) >= 11 is 0. The van der Waals surface area contributed by atoms with Gasteiger partial charge in [-0.2, -0.15) is 0 Å². The van der Waals surface area contributed by atoms with Crippen LogP contribution in [0.1, 0.15) is 21.7 Å². The highest BCUT2D eigenvalue weighted by molar-refractivity contribution is 5.91. The molecule has 7 heteroatoms. The number of imidazole rings is 1. The van der Waals surface area contributed by atoms with E-state index in [9.17, 15) is 4.79 Å². The number of hydrogen-bond donors (Lipinski definition) is 2. The third kappa shape index (κ3) is 4.41. The normalized spacial score (nSPS) is 10.4. The molecule has 0 bridgehead atoms. The second-order valence-electron chi connectivity index (χ2n) is 5.63. The molecule has 1 amide bonds. The average Bonchev–Trinajstić information content (AvgIpc) is 3.20. The standard InChI is InChI=1S/C18H20N6O/c1-24(10-7-15-6-2-3-8-20-15)17-14(5-4-9-21-17)11-22-18(25)16-12-19-13-23-16/h2-6,8-9,12-13H,7,10-11H2,1H3,(H,19,23)(H,22,25). The van der Waals surface area contributed by atoms with Crippen molar-refractivity contribution in [2.75, 3.05) is 18.5 Å². The summed E-state index contributed by atoms with van der Waals surface area (Å²) in [5.74, 6) is 0.659. The zero-order chi connectivity index (χ0) is 17.5. The molecule has 0 spiro atoms. The Hall–Kier alpha value is -3.22. The van der Waals surface area contributed by atoms with Crippen molar-refractivity contribution in [1.29, 1.82) is 0 Å². The van der Waals surface area contributed by atoms with Gasteiger partial charge in [-0.05, 0) is 18.2 Å². The van der Waals surface area contributed by atoms with Crippen molar-refractivity contribution in [3.8, 4) is 0 Å². The molecule has 0 aliphatic carbocycles. The fourth-order valence-electron chi connectivity index (χ4n) is 2.50. The third-order valence-electron chi connectivity index (χ3n) is 3.84. The molecule has 0 fully saturated rings. The SMILES string of the molecule is CN(CCc1ccccn1)c1ncccc1CNC(=O)c1cnc[nH]1. The Balaban J connectivity index is 1.62. The Morgan fingerprint density at radius 2 is 2.08 bits per heavy atom. The molecule has 0 unspecified atom stereocenters. The van der Waals surface area contributed by atoms with Gasteiger partial charge in [-0.25, -0.2) is 9.97 Å². The van der Waals surface area contributed by atoms with Crippen molar-refractivity contribution >= 4 is 11.7 Å². The summed E-state index contributed by atoms with van der Waals surface area (Å²) in [5, 5.41) is 2.88. The summed E-state index contributed by atoms with van der Waals surface area (Å²) in [6.07, 6.45) is 7.36. The lowest BCUT2D eigenvalue weighted by molar-refractivity contribution is 0.0946. The number of anilines is 1. The fourth-order valence-corrected chi connectivity index (χ4v) is 2.50. The molecule has 25 heavy (non-hydrogen) atoms. The number of pyridine rings is 2. The van der Waals surface area contributed by atoms with Crippen molar-refractivity contribution in [2.24, 2.45) is 0 Å². The molecule has 0 aliphatic heterocycles. The van der Waals surface area contributed by atoms with Gasteiger partial charge in [0.05, 0.1) is 12.5 Å². The Kier molecular flexibility index (Phi) is 5.36. The molecule has 3 aromatic heterocycles. The van der Waals surface area contributed by atoms with E-state index in [1.54, 1.807) is 12.4 Å². The van der Waals surface area contributed by atoms with Crippen molar-refractivity contribution in [2.45, 2.75) is 13.0 Å². The van der Waals surface area contributed by atoms with Crippen LogP contribution in [0.5, 0.6) is 0 Å². The molecule has 3 rings (SSSR count). The molecule has 2 N–H and O–H groups in total. The fraction of sp³-hybridized carbons (Fsp3) is 0.222. The summed E-state index contributed by atoms with van der Waals surface area (Å²) in [6, 6.07) is 9.74. The minimum absolute atomic E-state index is 0.191. The van der Waals surface area contributed by atoms with Gasteiger partial charge in [-0.3, -0.25) is 9.78 Å². The van der Waals surface area contributed by atoms with Crippen molar-refractivity contribution in [3.63, 3.8) is 0 Å². The first-order valence-electron chi connectivity index (χ1n) is 8.05. The minimum atomic E-state index is -0.191. The molecule has 3 aromatic rings. The summed E-state index contributed by atoms with van der Waals surface area (Å²) in [5.41, 5.74) is 2.44. The lowest BCUT2D eigenvalue weighted by atomic mass is 10.2. The molecule has 3 heterocycles. The highest BCUT2D eigenvalue weighted by Crippen LogP contribution is 2.16. The van der Waals surface area contributed by atoms with Crippen LogP contribution in [0.3, 0.4) is 0 Å². The largest absolute Gasteiger partial charge is 0.359 e. The smallest absolute Gasteiger partial charge is 0.269 e. The molecular weight excluding hydrogens is 316 g/mol. The first kappa shape index (κ1) is 16.6. The molecule has 0 aliphatic rings. The Morgan fingerprint density at radius 1 is 1.20 bits per heavy atom. The number of H-pyrrole nitrogens is 1. The van der Waals surface area contributed by atoms with Gasteiger partial charge in [0, 0.05) is 50.2 Å². The highest BCUT2D eigenvalue weighted by atomic mass is 16.1. The maximum absolute atomic E-state index is 12.0. The van der Waals surface area contributed by atoms with E-state index >= 15 is 0 Å². The van der Waals surface area contributed by atoms with Gasteiger partial charge >= 0.3 is 0 Å². The van der Waals surface area contributed by atoms with Gasteiger partial charge in [0.25, 0.3) is 5.91 Å². The van der Waals surface area contributed by atoms with Crippen LogP contribution in [0.2, 0.25) is 0 Å². The number of nitrogens with one attached hydrogen (secondary N) is 2. The quantitative estimate of drug-likeness (QED) is 0.687. The number of likely N-dealkylation sites (N-methyl/N-ethyl adjacent to an activating group) is 1. The molecule has 128 valence electrons. The summed E-state index contributed by atoms with van der Waals surface area (Å²) < 4.78 is 0. The van der Waals surface area contributed by atoms with E-state index in [0.717, 1.165) is 30.0 Å². The Bertz CT molecular complexity index is 803. The third-order valence-corrected chi connectivity index (χ3v) is 3.84. The van der Waals surface area contributed by atoms with Crippen LogP contribution in [-0.4, -0.2) is 39.4 Å². The summed E-state index contributed by atoms with van der Waals surface area (Å²) in [7, 11) is 1.99. The number of hydrogen-bond acceptors (Lipinski definition) is 5.